The number of rotatable bonds is 12. The van der Waals surface area contributed by atoms with Crippen LogP contribution in [0.4, 0.5) is 5.69 Å². The molecular formula is C39H46N8O3. The number of nitriles is 1. The van der Waals surface area contributed by atoms with Gasteiger partial charge in [0.25, 0.3) is 5.91 Å². The Kier molecular flexibility index (Phi) is 11.0. The zero-order valence-electron chi connectivity index (χ0n) is 29.3. The van der Waals surface area contributed by atoms with Gasteiger partial charge in [0.05, 0.1) is 23.7 Å². The van der Waals surface area contributed by atoms with Crippen LogP contribution in [0.3, 0.4) is 0 Å². The van der Waals surface area contributed by atoms with Gasteiger partial charge in [-0.1, -0.05) is 42.5 Å². The Morgan fingerprint density at radius 3 is 2.32 bits per heavy atom. The molecule has 0 spiro atoms. The predicted molar refractivity (Wildman–Crippen MR) is 196 cm³/mol. The van der Waals surface area contributed by atoms with Crippen molar-refractivity contribution in [2.45, 2.75) is 63.5 Å². The van der Waals surface area contributed by atoms with Crippen molar-refractivity contribution in [2.24, 2.45) is 10.8 Å². The Morgan fingerprint density at radius 2 is 1.72 bits per heavy atom. The summed E-state index contributed by atoms with van der Waals surface area (Å²) in [7, 11) is 3.43. The fourth-order valence-electron chi connectivity index (χ4n) is 7.20. The number of nitrogens with two attached hydrogens (primary N) is 1. The van der Waals surface area contributed by atoms with Crippen molar-refractivity contribution in [1.29, 1.82) is 5.26 Å². The van der Waals surface area contributed by atoms with Crippen LogP contribution in [0.5, 0.6) is 0 Å². The molecule has 5 rings (SSSR count). The van der Waals surface area contributed by atoms with Gasteiger partial charge in [-0.05, 0) is 104 Å². The first-order valence-corrected chi connectivity index (χ1v) is 17.0. The number of fused-ring (bicyclic) bond motifs is 2. The van der Waals surface area contributed by atoms with E-state index in [2.05, 4.69) is 34.7 Å². The molecule has 1 fully saturated rings. The van der Waals surface area contributed by atoms with Crippen LogP contribution < -0.4 is 26.7 Å². The first-order chi connectivity index (χ1) is 24.1. The largest absolute Gasteiger partial charge is 0.388 e. The average molecular weight is 675 g/mol. The third-order valence-electron chi connectivity index (χ3n) is 9.92. The third-order valence-corrected chi connectivity index (χ3v) is 9.92. The molecule has 11 nitrogen and oxygen atoms in total. The minimum atomic E-state index is -1.09. The van der Waals surface area contributed by atoms with Crippen LogP contribution in [-0.2, 0) is 27.8 Å². The van der Waals surface area contributed by atoms with Crippen molar-refractivity contribution >= 4 is 35.4 Å². The summed E-state index contributed by atoms with van der Waals surface area (Å²) in [4.78, 5) is 40.3. The summed E-state index contributed by atoms with van der Waals surface area (Å²) < 4.78 is 0. The van der Waals surface area contributed by atoms with Crippen molar-refractivity contribution < 1.29 is 14.4 Å². The van der Waals surface area contributed by atoms with E-state index < -0.39 is 11.5 Å². The Balaban J connectivity index is 1.68. The molecule has 0 aromatic heterocycles. The lowest BCUT2D eigenvalue weighted by Gasteiger charge is -2.39. The van der Waals surface area contributed by atoms with Crippen molar-refractivity contribution in [3.05, 3.63) is 106 Å². The van der Waals surface area contributed by atoms with Gasteiger partial charge in [0.15, 0.2) is 0 Å². The lowest BCUT2D eigenvalue weighted by Crippen LogP contribution is -2.50. The van der Waals surface area contributed by atoms with Crippen LogP contribution in [0.1, 0.15) is 69.9 Å². The first-order valence-electron chi connectivity index (χ1n) is 17.0. The van der Waals surface area contributed by atoms with Crippen molar-refractivity contribution in [3.63, 3.8) is 0 Å². The number of nitrogens with zero attached hydrogens (tertiary/aromatic N) is 4. The maximum Gasteiger partial charge on any atom is 0.251 e. The lowest BCUT2D eigenvalue weighted by molar-refractivity contribution is -0.130. The number of likely N-dealkylation sites (tertiary alicyclic amines) is 1. The highest BCUT2D eigenvalue weighted by atomic mass is 16.2. The van der Waals surface area contributed by atoms with Gasteiger partial charge < -0.3 is 26.6 Å². The zero-order chi connectivity index (χ0) is 36.0. The normalized spacial score (nSPS) is 18.9. The van der Waals surface area contributed by atoms with Crippen molar-refractivity contribution in [1.82, 2.24) is 20.9 Å². The number of hydrogen-bond donors (Lipinski definition) is 4. The number of carbonyl (C=O) groups is 3. The monoisotopic (exact) mass is 674 g/mol. The predicted octanol–water partition coefficient (Wildman–Crippen LogP) is 3.75. The van der Waals surface area contributed by atoms with E-state index in [0.717, 1.165) is 45.5 Å². The number of carbonyl (C=O) groups excluding carboxylic acids is 3. The molecule has 1 saturated heterocycles. The standard InChI is InChI=1S/C39H46N8O3/c1-25-8-14-32(15-9-25)47(24-48)45-38(41)39(21-26(2)44-23-36(49)46-18-6-7-33(46)22-40)34-16-12-28(27(3)42-4)19-29(34)10-11-30-20-31(37(50)43-5)13-17-35(30)39/h8-9,12-17,19-20,24,26,33,42,44H,3,6-7,10-11,18,21,23H2,1-2,4-5H3,(H2,41,45)(H,43,50)/t26-,33?,39?/m1/s1. The van der Waals surface area contributed by atoms with Crippen LogP contribution in [0, 0.1) is 18.3 Å². The second-order valence-electron chi connectivity index (χ2n) is 13.1. The molecule has 11 heteroatoms. The summed E-state index contributed by atoms with van der Waals surface area (Å²) in [6, 6.07) is 20.8. The van der Waals surface area contributed by atoms with Gasteiger partial charge in [0.1, 0.15) is 11.9 Å². The van der Waals surface area contributed by atoms with Gasteiger partial charge in [0, 0.05) is 37.9 Å². The molecule has 1 heterocycles. The summed E-state index contributed by atoms with van der Waals surface area (Å²) >= 11 is 0. The lowest BCUT2D eigenvalue weighted by atomic mass is 9.67. The van der Waals surface area contributed by atoms with E-state index in [1.54, 1.807) is 18.0 Å². The van der Waals surface area contributed by atoms with Crippen LogP contribution >= 0.6 is 0 Å². The summed E-state index contributed by atoms with van der Waals surface area (Å²) in [6.45, 7) is 8.74. The molecule has 2 aliphatic rings. The van der Waals surface area contributed by atoms with Gasteiger partial charge in [-0.25, -0.2) is 5.01 Å². The first kappa shape index (κ1) is 35.8. The fourth-order valence-corrected chi connectivity index (χ4v) is 7.20. The molecule has 50 heavy (non-hydrogen) atoms. The van der Waals surface area contributed by atoms with Gasteiger partial charge in [-0.2, -0.15) is 10.4 Å². The van der Waals surface area contributed by atoms with E-state index in [1.165, 1.54) is 5.01 Å². The van der Waals surface area contributed by atoms with E-state index in [9.17, 15) is 19.6 Å². The molecule has 3 atom stereocenters. The number of anilines is 1. The van der Waals surface area contributed by atoms with Crippen LogP contribution in [-0.4, -0.2) is 68.2 Å². The number of hydrogen-bond acceptors (Lipinski definition) is 7. The van der Waals surface area contributed by atoms with E-state index in [0.29, 0.717) is 49.9 Å². The van der Waals surface area contributed by atoms with E-state index >= 15 is 0 Å². The van der Waals surface area contributed by atoms with Crippen LogP contribution in [0.25, 0.3) is 5.70 Å². The number of benzene rings is 3. The molecule has 3 aromatic carbocycles. The Labute approximate surface area is 294 Å². The Bertz CT molecular complexity index is 1780. The SMILES string of the molecule is C=C(NC)c1ccc2c(c1)CCc1cc(C(=O)NC)ccc1C2(C[C@@H](C)NCC(=O)N1CCCC1C#N)/C(N)=N/N(C=O)c1ccc(C)cc1. The topological polar surface area (TPSA) is 156 Å². The minimum absolute atomic E-state index is 0.0482. The molecule has 3 aromatic rings. The van der Waals surface area contributed by atoms with Crippen molar-refractivity contribution in [3.8, 4) is 6.07 Å². The van der Waals surface area contributed by atoms with Gasteiger partial charge in [0.2, 0.25) is 12.3 Å². The molecule has 0 bridgehead atoms. The third kappa shape index (κ3) is 7.12. The average Bonchev–Trinajstić information content (AvgIpc) is 3.58. The molecule has 0 radical (unpaired) electrons. The van der Waals surface area contributed by atoms with Gasteiger partial charge >= 0.3 is 0 Å². The quantitative estimate of drug-likeness (QED) is 0.0987. The maximum atomic E-state index is 13.3. The molecule has 5 N–H and O–H groups in total. The Hall–Kier alpha value is -5.47. The Morgan fingerprint density at radius 1 is 1.08 bits per heavy atom. The smallest absolute Gasteiger partial charge is 0.251 e. The number of amides is 3. The number of nitrogens with one attached hydrogen (secondary N) is 3. The fraction of sp³-hybridized carbons (Fsp3) is 0.359. The summed E-state index contributed by atoms with van der Waals surface area (Å²) in [5.41, 5.74) is 13.7. The van der Waals surface area contributed by atoms with E-state index in [-0.39, 0.29) is 30.2 Å². The second-order valence-corrected chi connectivity index (χ2v) is 13.1. The highest BCUT2D eigenvalue weighted by Crippen LogP contribution is 2.44. The van der Waals surface area contributed by atoms with Crippen molar-refractivity contribution in [2.75, 3.05) is 32.2 Å². The molecule has 0 saturated carbocycles. The van der Waals surface area contributed by atoms with E-state index in [4.69, 9.17) is 10.8 Å². The van der Waals surface area contributed by atoms with Gasteiger partial charge in [-0.15, -0.1) is 0 Å². The molecule has 2 unspecified atom stereocenters. The highest BCUT2D eigenvalue weighted by molar-refractivity contribution is 5.99. The molecule has 1 aliphatic carbocycles. The van der Waals surface area contributed by atoms with Crippen LogP contribution in [0.15, 0.2) is 72.3 Å². The number of aryl methyl sites for hydroxylation is 3. The number of hydrazone groups is 1. The molecular weight excluding hydrogens is 628 g/mol. The van der Waals surface area contributed by atoms with E-state index in [1.807, 2.05) is 69.4 Å². The minimum Gasteiger partial charge on any atom is -0.388 e. The zero-order valence-corrected chi connectivity index (χ0v) is 29.3. The molecule has 260 valence electrons. The summed E-state index contributed by atoms with van der Waals surface area (Å²) in [5, 5.41) is 24.9. The van der Waals surface area contributed by atoms with Gasteiger partial charge in [-0.3, -0.25) is 14.4 Å². The number of amidine groups is 1. The molecule has 1 aliphatic heterocycles. The highest BCUT2D eigenvalue weighted by Gasteiger charge is 2.45. The molecule has 3 amide bonds. The van der Waals surface area contributed by atoms with Crippen LogP contribution in [0.2, 0.25) is 0 Å². The summed E-state index contributed by atoms with van der Waals surface area (Å²) in [5.74, 6) is -0.145. The second kappa shape index (κ2) is 15.4. The summed E-state index contributed by atoms with van der Waals surface area (Å²) in [6.07, 6.45) is 3.76. The maximum absolute atomic E-state index is 13.3.